The van der Waals surface area contributed by atoms with Crippen LogP contribution in [0.1, 0.15) is 29.3 Å². The maximum Gasteiger partial charge on any atom is 0.182 e. The molecule has 0 saturated heterocycles. The number of halogens is 1. The largest absolute Gasteiger partial charge is 0.361 e. The topological polar surface area (TPSA) is 61.6 Å². The van der Waals surface area contributed by atoms with Crippen molar-refractivity contribution in [1.82, 2.24) is 9.97 Å². The lowest BCUT2D eigenvalue weighted by Gasteiger charge is -2.15. The molecule has 0 fully saturated rings. The summed E-state index contributed by atoms with van der Waals surface area (Å²) >= 11 is 3.58. The minimum atomic E-state index is 0.191. The van der Waals surface area contributed by atoms with Crippen molar-refractivity contribution in [3.05, 3.63) is 51.9 Å². The Morgan fingerprint density at radius 1 is 1.32 bits per heavy atom. The molecule has 0 spiro atoms. The van der Waals surface area contributed by atoms with Gasteiger partial charge in [-0.25, -0.2) is 9.97 Å². The van der Waals surface area contributed by atoms with Gasteiger partial charge < -0.3 is 5.32 Å². The van der Waals surface area contributed by atoms with Gasteiger partial charge in [0.1, 0.15) is 6.07 Å². The van der Waals surface area contributed by atoms with Gasteiger partial charge in [-0.1, -0.05) is 28.1 Å². The van der Waals surface area contributed by atoms with Crippen molar-refractivity contribution in [2.75, 3.05) is 5.32 Å². The molecule has 1 heterocycles. The van der Waals surface area contributed by atoms with E-state index in [4.69, 9.17) is 5.26 Å². The van der Waals surface area contributed by atoms with Crippen LogP contribution in [0.25, 0.3) is 0 Å². The van der Waals surface area contributed by atoms with Crippen LogP contribution in [0, 0.1) is 11.3 Å². The summed E-state index contributed by atoms with van der Waals surface area (Å²) < 4.78 is 1.15. The number of fused-ring (bicyclic) bond motifs is 1. The fourth-order valence-electron chi connectivity index (χ4n) is 2.45. The minimum Gasteiger partial charge on any atom is -0.361 e. The molecule has 1 aromatic carbocycles. The smallest absolute Gasteiger partial charge is 0.182 e. The lowest BCUT2D eigenvalue weighted by atomic mass is 10.1. The number of hydrogen-bond donors (Lipinski definition) is 1. The summed E-state index contributed by atoms with van der Waals surface area (Å²) in [7, 11) is 0. The van der Waals surface area contributed by atoms with Crippen LogP contribution in [-0.4, -0.2) is 9.97 Å². The highest BCUT2D eigenvalue weighted by Gasteiger charge is 2.24. The fourth-order valence-corrected chi connectivity index (χ4v) is 3.03. The molecule has 3 rings (SSSR count). The van der Waals surface area contributed by atoms with E-state index in [1.807, 2.05) is 6.07 Å². The average molecular weight is 315 g/mol. The molecule has 5 heteroatoms. The predicted molar refractivity (Wildman–Crippen MR) is 75.6 cm³/mol. The van der Waals surface area contributed by atoms with Gasteiger partial charge in [0.2, 0.25) is 0 Å². The van der Waals surface area contributed by atoms with Crippen LogP contribution in [0.2, 0.25) is 0 Å². The van der Waals surface area contributed by atoms with Gasteiger partial charge in [-0.3, -0.25) is 0 Å². The van der Waals surface area contributed by atoms with Crippen LogP contribution in [0.5, 0.6) is 0 Å². The van der Waals surface area contributed by atoms with Crippen molar-refractivity contribution in [1.29, 1.82) is 5.26 Å². The third-order valence-corrected chi connectivity index (χ3v) is 4.07. The molecule has 2 aromatic rings. The summed E-state index contributed by atoms with van der Waals surface area (Å²) in [6, 6.07) is 8.46. The van der Waals surface area contributed by atoms with E-state index in [1.165, 1.54) is 17.3 Å². The number of nitrogens with one attached hydrogen (secondary N) is 1. The first-order chi connectivity index (χ1) is 9.29. The molecule has 0 saturated carbocycles. The second kappa shape index (κ2) is 4.98. The SMILES string of the molecule is N#Cc1nccnc1N[C@H]1CCc2c(Br)cccc21. The standard InChI is InChI=1S/C14H11BrN4/c15-11-3-1-2-10-9(11)4-5-12(10)19-14-13(8-16)17-6-7-18-14/h1-3,6-7,12H,4-5H2,(H,18,19)/t12-/m0/s1. The number of rotatable bonds is 2. The molecule has 1 atom stereocenters. The summed E-state index contributed by atoms with van der Waals surface area (Å²) in [4.78, 5) is 8.22. The quantitative estimate of drug-likeness (QED) is 0.924. The first-order valence-electron chi connectivity index (χ1n) is 6.04. The molecule has 0 aliphatic heterocycles. The van der Waals surface area contributed by atoms with Crippen molar-refractivity contribution < 1.29 is 0 Å². The van der Waals surface area contributed by atoms with Gasteiger partial charge in [0.05, 0.1) is 6.04 Å². The number of hydrogen-bond acceptors (Lipinski definition) is 4. The van der Waals surface area contributed by atoms with E-state index in [1.54, 1.807) is 6.20 Å². The third kappa shape index (κ3) is 2.20. The van der Waals surface area contributed by atoms with Gasteiger partial charge >= 0.3 is 0 Å². The molecule has 0 amide bonds. The molecular weight excluding hydrogens is 304 g/mol. The van der Waals surface area contributed by atoms with E-state index in [0.29, 0.717) is 11.5 Å². The summed E-state index contributed by atoms with van der Waals surface area (Å²) in [5.74, 6) is 0.558. The predicted octanol–water partition coefficient (Wildman–Crippen LogP) is 3.21. The average Bonchev–Trinajstić information content (AvgIpc) is 2.84. The highest BCUT2D eigenvalue weighted by Crippen LogP contribution is 2.37. The number of nitriles is 1. The van der Waals surface area contributed by atoms with Crippen LogP contribution >= 0.6 is 15.9 Å². The van der Waals surface area contributed by atoms with Gasteiger partial charge in [0, 0.05) is 16.9 Å². The molecule has 1 N–H and O–H groups in total. The summed E-state index contributed by atoms with van der Waals surface area (Å²) in [5, 5.41) is 12.4. The number of nitrogens with zero attached hydrogens (tertiary/aromatic N) is 3. The zero-order chi connectivity index (χ0) is 13.2. The monoisotopic (exact) mass is 314 g/mol. The van der Waals surface area contributed by atoms with Crippen molar-refractivity contribution >= 4 is 21.7 Å². The zero-order valence-electron chi connectivity index (χ0n) is 10.1. The van der Waals surface area contributed by atoms with Crippen LogP contribution < -0.4 is 5.32 Å². The van der Waals surface area contributed by atoms with E-state index >= 15 is 0 Å². The third-order valence-electron chi connectivity index (χ3n) is 3.33. The van der Waals surface area contributed by atoms with Gasteiger partial charge in [0.25, 0.3) is 0 Å². The van der Waals surface area contributed by atoms with Gasteiger partial charge in [-0.2, -0.15) is 5.26 Å². The Morgan fingerprint density at radius 3 is 3.00 bits per heavy atom. The minimum absolute atomic E-state index is 0.191. The highest BCUT2D eigenvalue weighted by atomic mass is 79.9. The summed E-state index contributed by atoms with van der Waals surface area (Å²) in [6.07, 6.45) is 5.15. The van der Waals surface area contributed by atoms with E-state index < -0.39 is 0 Å². The molecule has 1 aliphatic rings. The van der Waals surface area contributed by atoms with Crippen molar-refractivity contribution in [2.45, 2.75) is 18.9 Å². The number of benzene rings is 1. The summed E-state index contributed by atoms with van der Waals surface area (Å²) in [6.45, 7) is 0. The van der Waals surface area contributed by atoms with Crippen molar-refractivity contribution in [3.8, 4) is 6.07 Å². The second-order valence-corrected chi connectivity index (χ2v) is 5.26. The molecule has 4 nitrogen and oxygen atoms in total. The molecule has 1 aliphatic carbocycles. The molecule has 94 valence electrons. The van der Waals surface area contributed by atoms with E-state index in [0.717, 1.165) is 17.3 Å². The fraction of sp³-hybridized carbons (Fsp3) is 0.214. The van der Waals surface area contributed by atoms with E-state index in [9.17, 15) is 0 Å². The lowest BCUT2D eigenvalue weighted by Crippen LogP contribution is -2.10. The Bertz CT molecular complexity index is 663. The maximum absolute atomic E-state index is 9.03. The Labute approximate surface area is 119 Å². The zero-order valence-corrected chi connectivity index (χ0v) is 11.7. The van der Waals surface area contributed by atoms with Crippen LogP contribution in [0.3, 0.4) is 0 Å². The molecule has 0 radical (unpaired) electrons. The maximum atomic E-state index is 9.03. The lowest BCUT2D eigenvalue weighted by molar-refractivity contribution is 0.755. The van der Waals surface area contributed by atoms with Gasteiger partial charge in [-0.15, -0.1) is 0 Å². The first-order valence-corrected chi connectivity index (χ1v) is 6.84. The van der Waals surface area contributed by atoms with E-state index in [2.05, 4.69) is 49.4 Å². The van der Waals surface area contributed by atoms with Gasteiger partial charge in [0.15, 0.2) is 11.5 Å². The number of anilines is 1. The van der Waals surface area contributed by atoms with Crippen LogP contribution in [-0.2, 0) is 6.42 Å². The molecule has 19 heavy (non-hydrogen) atoms. The molecular formula is C14H11BrN4. The number of aromatic nitrogens is 2. The second-order valence-electron chi connectivity index (χ2n) is 4.41. The molecule has 0 bridgehead atoms. The van der Waals surface area contributed by atoms with Crippen molar-refractivity contribution in [3.63, 3.8) is 0 Å². The Morgan fingerprint density at radius 2 is 2.16 bits per heavy atom. The van der Waals surface area contributed by atoms with Crippen molar-refractivity contribution in [2.24, 2.45) is 0 Å². The normalized spacial score (nSPS) is 16.7. The molecule has 1 aromatic heterocycles. The Hall–Kier alpha value is -1.93. The van der Waals surface area contributed by atoms with Gasteiger partial charge in [-0.05, 0) is 30.0 Å². The highest BCUT2D eigenvalue weighted by molar-refractivity contribution is 9.10. The Kier molecular flexibility index (Phi) is 3.18. The van der Waals surface area contributed by atoms with E-state index in [-0.39, 0.29) is 6.04 Å². The Balaban J connectivity index is 1.92. The van der Waals surface area contributed by atoms with Crippen LogP contribution in [0.4, 0.5) is 5.82 Å². The van der Waals surface area contributed by atoms with Crippen LogP contribution in [0.15, 0.2) is 35.1 Å². The summed E-state index contributed by atoms with van der Waals surface area (Å²) in [5.41, 5.74) is 2.94. The molecule has 0 unspecified atom stereocenters. The first kappa shape index (κ1) is 12.1.